The third-order valence-electron chi connectivity index (χ3n) is 5.44. The van der Waals surface area contributed by atoms with Crippen LogP contribution in [0.4, 0.5) is 5.69 Å². The normalized spacial score (nSPS) is 15.2. The van der Waals surface area contributed by atoms with Crippen LogP contribution in [-0.4, -0.2) is 79.4 Å². The van der Waals surface area contributed by atoms with Crippen molar-refractivity contribution < 1.29 is 9.59 Å². The summed E-state index contributed by atoms with van der Waals surface area (Å²) in [5, 5.41) is 2.84. The Bertz CT molecular complexity index is 872. The number of hydrogen-bond donors (Lipinski definition) is 1. The van der Waals surface area contributed by atoms with E-state index >= 15 is 0 Å². The van der Waals surface area contributed by atoms with Gasteiger partial charge >= 0.3 is 0 Å². The molecule has 31 heavy (non-hydrogen) atoms. The van der Waals surface area contributed by atoms with Gasteiger partial charge in [-0.2, -0.15) is 0 Å². The number of benzene rings is 2. The van der Waals surface area contributed by atoms with Crippen LogP contribution in [0.1, 0.15) is 11.1 Å². The minimum absolute atomic E-state index is 0.0310. The fraction of sp³-hybridized carbons (Fsp3) is 0.360. The summed E-state index contributed by atoms with van der Waals surface area (Å²) in [6.45, 7) is 6.89. The quantitative estimate of drug-likeness (QED) is 0.714. The van der Waals surface area contributed by atoms with Crippen molar-refractivity contribution in [1.29, 1.82) is 0 Å². The van der Waals surface area contributed by atoms with Crippen LogP contribution in [-0.2, 0) is 9.59 Å². The highest BCUT2D eigenvalue weighted by Gasteiger charge is 2.21. The minimum atomic E-state index is -0.185. The topological polar surface area (TPSA) is 55.9 Å². The predicted octanol–water partition coefficient (Wildman–Crippen LogP) is 2.72. The molecule has 0 unspecified atom stereocenters. The Morgan fingerprint density at radius 3 is 2.29 bits per heavy atom. The predicted molar refractivity (Wildman–Crippen MR) is 126 cm³/mol. The highest BCUT2D eigenvalue weighted by molar-refractivity contribution is 5.94. The number of likely N-dealkylation sites (N-methyl/N-ethyl adjacent to an activating group) is 1. The van der Waals surface area contributed by atoms with Gasteiger partial charge in [0.25, 0.3) is 0 Å². The lowest BCUT2D eigenvalue weighted by molar-refractivity contribution is -0.134. The van der Waals surface area contributed by atoms with Crippen molar-refractivity contribution in [3.8, 4) is 0 Å². The molecule has 0 saturated carbocycles. The van der Waals surface area contributed by atoms with Gasteiger partial charge in [-0.15, -0.1) is 0 Å². The van der Waals surface area contributed by atoms with Crippen LogP contribution in [0.15, 0.2) is 60.7 Å². The van der Waals surface area contributed by atoms with Crippen LogP contribution < -0.4 is 5.32 Å². The van der Waals surface area contributed by atoms with Crippen molar-refractivity contribution in [2.45, 2.75) is 6.92 Å². The fourth-order valence-electron chi connectivity index (χ4n) is 3.48. The van der Waals surface area contributed by atoms with Crippen LogP contribution in [0.3, 0.4) is 0 Å². The molecule has 1 fully saturated rings. The van der Waals surface area contributed by atoms with E-state index in [9.17, 15) is 9.59 Å². The smallest absolute Gasteiger partial charge is 0.243 e. The molecule has 6 heteroatoms. The van der Waals surface area contributed by atoms with Crippen molar-refractivity contribution in [1.82, 2.24) is 14.7 Å². The first-order valence-corrected chi connectivity index (χ1v) is 10.8. The molecule has 164 valence electrons. The average Bonchev–Trinajstić information content (AvgIpc) is 2.77. The lowest BCUT2D eigenvalue weighted by atomic mass is 10.2. The van der Waals surface area contributed by atoms with Gasteiger partial charge in [0, 0.05) is 45.5 Å². The molecule has 0 aromatic heterocycles. The monoisotopic (exact) mass is 420 g/mol. The maximum atomic E-state index is 12.5. The molecule has 2 aromatic rings. The lowest BCUT2D eigenvalue weighted by Gasteiger charge is -2.34. The van der Waals surface area contributed by atoms with E-state index in [0.29, 0.717) is 6.54 Å². The summed E-state index contributed by atoms with van der Waals surface area (Å²) in [6.07, 6.45) is 4.34. The average molecular weight is 421 g/mol. The molecule has 2 aromatic carbocycles. The lowest BCUT2D eigenvalue weighted by Crippen LogP contribution is -2.50. The first-order valence-electron chi connectivity index (χ1n) is 10.8. The Morgan fingerprint density at radius 1 is 0.968 bits per heavy atom. The number of hydrogen-bond acceptors (Lipinski definition) is 4. The third kappa shape index (κ3) is 7.66. The Kier molecular flexibility index (Phi) is 8.38. The standard InChI is InChI=1S/C25H32N4O2/c1-21-10-12-23(13-11-21)26-24(30)19-27(2)25(31)20-29-17-15-28(16-18-29)14-6-9-22-7-4-3-5-8-22/h3-13H,14-20H2,1-2H3,(H,26,30)/b9-6+. The number of nitrogens with one attached hydrogen (secondary N) is 1. The van der Waals surface area contributed by atoms with Crippen LogP contribution in [0.5, 0.6) is 0 Å². The molecule has 1 aliphatic rings. The number of amides is 2. The first-order chi connectivity index (χ1) is 15.0. The second kappa shape index (κ2) is 11.4. The Hall–Kier alpha value is -2.96. The fourth-order valence-corrected chi connectivity index (χ4v) is 3.48. The van der Waals surface area contributed by atoms with Gasteiger partial charge in [0.05, 0.1) is 13.1 Å². The van der Waals surface area contributed by atoms with Gasteiger partial charge in [-0.25, -0.2) is 0 Å². The van der Waals surface area contributed by atoms with E-state index in [1.165, 1.54) is 10.5 Å². The number of carbonyl (C=O) groups excluding carboxylic acids is 2. The van der Waals surface area contributed by atoms with E-state index in [-0.39, 0.29) is 18.4 Å². The number of aryl methyl sites for hydroxylation is 1. The number of rotatable bonds is 8. The molecule has 0 bridgehead atoms. The van der Waals surface area contributed by atoms with Gasteiger partial charge in [-0.1, -0.05) is 60.2 Å². The minimum Gasteiger partial charge on any atom is -0.335 e. The maximum Gasteiger partial charge on any atom is 0.243 e. The van der Waals surface area contributed by atoms with Crippen molar-refractivity contribution >= 4 is 23.6 Å². The maximum absolute atomic E-state index is 12.5. The van der Waals surface area contributed by atoms with Crippen LogP contribution >= 0.6 is 0 Å². The summed E-state index contributed by atoms with van der Waals surface area (Å²) in [7, 11) is 1.68. The number of piperazine rings is 1. The SMILES string of the molecule is Cc1ccc(NC(=O)CN(C)C(=O)CN2CCN(C/C=C/c3ccccc3)CC2)cc1. The first kappa shape index (κ1) is 22.7. The van der Waals surface area contributed by atoms with Gasteiger partial charge < -0.3 is 10.2 Å². The summed E-state index contributed by atoms with van der Waals surface area (Å²) in [6, 6.07) is 17.9. The molecule has 2 amide bonds. The Morgan fingerprint density at radius 2 is 1.61 bits per heavy atom. The van der Waals surface area contributed by atoms with Gasteiger partial charge in [-0.05, 0) is 24.6 Å². The molecule has 6 nitrogen and oxygen atoms in total. The molecular formula is C25H32N4O2. The molecular weight excluding hydrogens is 388 g/mol. The zero-order valence-electron chi connectivity index (χ0n) is 18.5. The molecule has 1 N–H and O–H groups in total. The van der Waals surface area contributed by atoms with E-state index in [2.05, 4.69) is 39.4 Å². The van der Waals surface area contributed by atoms with Crippen LogP contribution in [0.25, 0.3) is 6.08 Å². The number of nitrogens with zero attached hydrogens (tertiary/aromatic N) is 3. The van der Waals surface area contributed by atoms with Crippen molar-refractivity contribution in [2.24, 2.45) is 0 Å². The molecule has 0 spiro atoms. The Labute approximate surface area is 185 Å². The number of anilines is 1. The molecule has 0 radical (unpaired) electrons. The summed E-state index contributed by atoms with van der Waals surface area (Å²) in [4.78, 5) is 30.8. The Balaban J connectivity index is 1.35. The van der Waals surface area contributed by atoms with Gasteiger partial charge in [-0.3, -0.25) is 19.4 Å². The van der Waals surface area contributed by atoms with E-state index in [0.717, 1.165) is 44.0 Å². The van der Waals surface area contributed by atoms with Crippen LogP contribution in [0, 0.1) is 6.92 Å². The van der Waals surface area contributed by atoms with Crippen molar-refractivity contribution in [3.05, 3.63) is 71.8 Å². The zero-order valence-corrected chi connectivity index (χ0v) is 18.5. The molecule has 1 aliphatic heterocycles. The molecule has 3 rings (SSSR count). The summed E-state index contributed by atoms with van der Waals surface area (Å²) in [5.41, 5.74) is 3.09. The van der Waals surface area contributed by atoms with E-state index in [1.54, 1.807) is 7.05 Å². The second-order valence-corrected chi connectivity index (χ2v) is 8.05. The van der Waals surface area contributed by atoms with E-state index in [4.69, 9.17) is 0 Å². The van der Waals surface area contributed by atoms with Gasteiger partial charge in [0.15, 0.2) is 0 Å². The van der Waals surface area contributed by atoms with Crippen molar-refractivity contribution in [2.75, 3.05) is 58.2 Å². The molecule has 1 heterocycles. The van der Waals surface area contributed by atoms with Crippen LogP contribution in [0.2, 0.25) is 0 Å². The highest BCUT2D eigenvalue weighted by atomic mass is 16.2. The van der Waals surface area contributed by atoms with Crippen molar-refractivity contribution in [3.63, 3.8) is 0 Å². The molecule has 1 saturated heterocycles. The molecule has 0 aliphatic carbocycles. The zero-order chi connectivity index (χ0) is 22.1. The van der Waals surface area contributed by atoms with Gasteiger partial charge in [0.2, 0.25) is 11.8 Å². The third-order valence-corrected chi connectivity index (χ3v) is 5.44. The highest BCUT2D eigenvalue weighted by Crippen LogP contribution is 2.09. The summed E-state index contributed by atoms with van der Waals surface area (Å²) >= 11 is 0. The summed E-state index contributed by atoms with van der Waals surface area (Å²) < 4.78 is 0. The number of carbonyl (C=O) groups is 2. The molecule has 0 atom stereocenters. The second-order valence-electron chi connectivity index (χ2n) is 8.05. The van der Waals surface area contributed by atoms with Gasteiger partial charge in [0.1, 0.15) is 0 Å². The largest absolute Gasteiger partial charge is 0.335 e. The van der Waals surface area contributed by atoms with E-state index in [1.807, 2.05) is 49.4 Å². The summed E-state index contributed by atoms with van der Waals surface area (Å²) in [5.74, 6) is -0.216. The van der Waals surface area contributed by atoms with E-state index < -0.39 is 0 Å².